The first-order valence-corrected chi connectivity index (χ1v) is 6.79. The number of nitrogens with zero attached hydrogens (tertiary/aromatic N) is 1. The molecule has 108 valence electrons. The van der Waals surface area contributed by atoms with E-state index in [0.717, 1.165) is 0 Å². The van der Waals surface area contributed by atoms with Crippen LogP contribution in [0.2, 0.25) is 5.02 Å². The van der Waals surface area contributed by atoms with E-state index in [0.29, 0.717) is 5.56 Å². The molecule has 0 spiro atoms. The van der Waals surface area contributed by atoms with Crippen molar-refractivity contribution in [3.8, 4) is 0 Å². The highest BCUT2D eigenvalue weighted by atomic mass is 35.5. The molecule has 4 nitrogen and oxygen atoms in total. The third-order valence-corrected chi connectivity index (χ3v) is 3.68. The summed E-state index contributed by atoms with van der Waals surface area (Å²) in [6, 6.07) is 3.50. The predicted octanol–water partition coefficient (Wildman–Crippen LogP) is 1.96. The Bertz CT molecular complexity index is 548. The normalized spacial score (nSPS) is 19.4. The Morgan fingerprint density at radius 3 is 2.75 bits per heavy atom. The Morgan fingerprint density at radius 1 is 1.45 bits per heavy atom. The van der Waals surface area contributed by atoms with Crippen LogP contribution >= 0.6 is 11.6 Å². The molecule has 0 aliphatic carbocycles. The number of halogens is 2. The molecule has 0 bridgehead atoms. The number of piperazine rings is 1. The molecule has 1 heterocycles. The highest BCUT2D eigenvalue weighted by molar-refractivity contribution is 6.31. The van der Waals surface area contributed by atoms with Crippen LogP contribution in [-0.2, 0) is 16.1 Å². The molecule has 1 aliphatic rings. The molecule has 2 rings (SSSR count). The van der Waals surface area contributed by atoms with Gasteiger partial charge in [-0.2, -0.15) is 0 Å². The molecular formula is C14H16ClFN2O2. The number of amides is 2. The van der Waals surface area contributed by atoms with Crippen molar-refractivity contribution < 1.29 is 14.0 Å². The van der Waals surface area contributed by atoms with E-state index in [1.165, 1.54) is 23.1 Å². The molecule has 1 aliphatic heterocycles. The summed E-state index contributed by atoms with van der Waals surface area (Å²) in [6.07, 6.45) is 0. The first-order valence-electron chi connectivity index (χ1n) is 6.41. The summed E-state index contributed by atoms with van der Waals surface area (Å²) in [7, 11) is 0. The zero-order valence-corrected chi connectivity index (χ0v) is 12.1. The Hall–Kier alpha value is -1.62. The Kier molecular flexibility index (Phi) is 4.28. The maximum absolute atomic E-state index is 13.0. The van der Waals surface area contributed by atoms with E-state index in [9.17, 15) is 14.0 Å². The summed E-state index contributed by atoms with van der Waals surface area (Å²) in [5, 5.41) is 2.84. The fraction of sp³-hybridized carbons (Fsp3) is 0.429. The van der Waals surface area contributed by atoms with Gasteiger partial charge in [0, 0.05) is 11.6 Å². The van der Waals surface area contributed by atoms with E-state index < -0.39 is 11.9 Å². The molecule has 1 fully saturated rings. The van der Waals surface area contributed by atoms with Crippen LogP contribution in [0, 0.1) is 11.7 Å². The Balaban J connectivity index is 2.28. The number of rotatable bonds is 3. The average molecular weight is 299 g/mol. The van der Waals surface area contributed by atoms with Gasteiger partial charge in [-0.15, -0.1) is 0 Å². The maximum Gasteiger partial charge on any atom is 0.243 e. The third kappa shape index (κ3) is 2.93. The molecule has 1 aromatic carbocycles. The van der Waals surface area contributed by atoms with E-state index in [-0.39, 0.29) is 35.8 Å². The zero-order chi connectivity index (χ0) is 14.9. The molecule has 0 aromatic heterocycles. The van der Waals surface area contributed by atoms with Crippen LogP contribution in [0.5, 0.6) is 0 Å². The Morgan fingerprint density at radius 2 is 2.15 bits per heavy atom. The summed E-state index contributed by atoms with van der Waals surface area (Å²) < 4.78 is 13.0. The molecule has 1 atom stereocenters. The Labute approximate surface area is 121 Å². The summed E-state index contributed by atoms with van der Waals surface area (Å²) in [4.78, 5) is 25.5. The first-order chi connectivity index (χ1) is 9.40. The molecule has 2 amide bonds. The minimum Gasteiger partial charge on any atom is -0.345 e. The van der Waals surface area contributed by atoms with Crippen molar-refractivity contribution in [2.45, 2.75) is 26.4 Å². The fourth-order valence-corrected chi connectivity index (χ4v) is 2.58. The average Bonchev–Trinajstić information content (AvgIpc) is 2.36. The van der Waals surface area contributed by atoms with Crippen LogP contribution in [0.25, 0.3) is 0 Å². The highest BCUT2D eigenvalue weighted by Crippen LogP contribution is 2.23. The zero-order valence-electron chi connectivity index (χ0n) is 11.3. The SMILES string of the molecule is CC(C)C1C(=O)NCC(=O)N1Cc1ccc(F)cc1Cl. The van der Waals surface area contributed by atoms with Crippen LogP contribution in [-0.4, -0.2) is 29.3 Å². The van der Waals surface area contributed by atoms with E-state index in [2.05, 4.69) is 5.32 Å². The van der Waals surface area contributed by atoms with Gasteiger partial charge in [0.2, 0.25) is 11.8 Å². The number of hydrogen-bond donors (Lipinski definition) is 1. The van der Waals surface area contributed by atoms with Gasteiger partial charge < -0.3 is 10.2 Å². The van der Waals surface area contributed by atoms with Gasteiger partial charge in [-0.1, -0.05) is 31.5 Å². The van der Waals surface area contributed by atoms with Gasteiger partial charge in [0.1, 0.15) is 11.9 Å². The van der Waals surface area contributed by atoms with Crippen molar-refractivity contribution in [2.75, 3.05) is 6.54 Å². The van der Waals surface area contributed by atoms with Gasteiger partial charge in [0.15, 0.2) is 0 Å². The van der Waals surface area contributed by atoms with Gasteiger partial charge >= 0.3 is 0 Å². The highest BCUT2D eigenvalue weighted by Gasteiger charge is 2.36. The smallest absolute Gasteiger partial charge is 0.243 e. The van der Waals surface area contributed by atoms with Crippen LogP contribution in [0.3, 0.4) is 0 Å². The van der Waals surface area contributed by atoms with Crippen molar-refractivity contribution in [2.24, 2.45) is 5.92 Å². The second-order valence-corrected chi connectivity index (χ2v) is 5.57. The van der Waals surface area contributed by atoms with Gasteiger partial charge in [-0.25, -0.2) is 4.39 Å². The minimum atomic E-state index is -0.530. The maximum atomic E-state index is 13.0. The second kappa shape index (κ2) is 5.79. The third-order valence-electron chi connectivity index (χ3n) is 3.33. The quantitative estimate of drug-likeness (QED) is 0.927. The number of carbonyl (C=O) groups is 2. The van der Waals surface area contributed by atoms with Crippen LogP contribution in [0.15, 0.2) is 18.2 Å². The number of nitrogens with one attached hydrogen (secondary N) is 1. The van der Waals surface area contributed by atoms with E-state index in [4.69, 9.17) is 11.6 Å². The van der Waals surface area contributed by atoms with Gasteiger partial charge in [0.25, 0.3) is 0 Å². The predicted molar refractivity (Wildman–Crippen MR) is 73.6 cm³/mol. The topological polar surface area (TPSA) is 49.4 Å². The summed E-state index contributed by atoms with van der Waals surface area (Å²) in [6.45, 7) is 3.94. The minimum absolute atomic E-state index is 0.0130. The number of benzene rings is 1. The van der Waals surface area contributed by atoms with Crippen molar-refractivity contribution >= 4 is 23.4 Å². The van der Waals surface area contributed by atoms with Crippen LogP contribution in [0.1, 0.15) is 19.4 Å². The number of carbonyl (C=O) groups excluding carboxylic acids is 2. The monoisotopic (exact) mass is 298 g/mol. The van der Waals surface area contributed by atoms with Gasteiger partial charge in [-0.3, -0.25) is 9.59 Å². The lowest BCUT2D eigenvalue weighted by molar-refractivity contribution is -0.148. The second-order valence-electron chi connectivity index (χ2n) is 5.16. The molecular weight excluding hydrogens is 283 g/mol. The molecule has 1 unspecified atom stereocenters. The van der Waals surface area contributed by atoms with Crippen LogP contribution < -0.4 is 5.32 Å². The molecule has 1 N–H and O–H groups in total. The lowest BCUT2D eigenvalue weighted by atomic mass is 9.98. The van der Waals surface area contributed by atoms with E-state index in [1.807, 2.05) is 13.8 Å². The van der Waals surface area contributed by atoms with Gasteiger partial charge in [-0.05, 0) is 23.6 Å². The molecule has 6 heteroatoms. The molecule has 0 radical (unpaired) electrons. The first kappa shape index (κ1) is 14.8. The largest absolute Gasteiger partial charge is 0.345 e. The van der Waals surface area contributed by atoms with Crippen molar-refractivity contribution in [3.05, 3.63) is 34.6 Å². The van der Waals surface area contributed by atoms with Gasteiger partial charge in [0.05, 0.1) is 6.54 Å². The summed E-state index contributed by atoms with van der Waals surface area (Å²) in [5.41, 5.74) is 0.627. The lowest BCUT2D eigenvalue weighted by Crippen LogP contribution is -2.59. The van der Waals surface area contributed by atoms with Crippen molar-refractivity contribution in [1.82, 2.24) is 10.2 Å². The van der Waals surface area contributed by atoms with Crippen LogP contribution in [0.4, 0.5) is 4.39 Å². The molecule has 20 heavy (non-hydrogen) atoms. The summed E-state index contributed by atoms with van der Waals surface area (Å²) in [5.74, 6) is -0.776. The van der Waals surface area contributed by atoms with E-state index >= 15 is 0 Å². The van der Waals surface area contributed by atoms with Crippen molar-refractivity contribution in [3.63, 3.8) is 0 Å². The van der Waals surface area contributed by atoms with E-state index in [1.54, 1.807) is 0 Å². The van der Waals surface area contributed by atoms with Crippen molar-refractivity contribution in [1.29, 1.82) is 0 Å². The number of hydrogen-bond acceptors (Lipinski definition) is 2. The molecule has 1 aromatic rings. The summed E-state index contributed by atoms with van der Waals surface area (Å²) >= 11 is 5.98. The fourth-order valence-electron chi connectivity index (χ4n) is 2.35. The lowest BCUT2D eigenvalue weighted by Gasteiger charge is -2.37. The standard InChI is InChI=1S/C14H16ClFN2O2/c1-8(2)13-14(20)17-6-12(19)18(13)7-9-3-4-10(16)5-11(9)15/h3-5,8,13H,6-7H2,1-2H3,(H,17,20). The molecule has 0 saturated carbocycles. The molecule has 1 saturated heterocycles.